The zero-order valence-corrected chi connectivity index (χ0v) is 14.1. The molecule has 3 rings (SSSR count). The van der Waals surface area contributed by atoms with E-state index in [0.717, 1.165) is 29.8 Å². The second-order valence-corrected chi connectivity index (χ2v) is 5.73. The molecule has 7 nitrogen and oxygen atoms in total. The molecule has 2 aromatic rings. The van der Waals surface area contributed by atoms with Crippen LogP contribution in [0.3, 0.4) is 0 Å². The molecule has 0 N–H and O–H groups in total. The van der Waals surface area contributed by atoms with E-state index in [0.29, 0.717) is 25.6 Å². The number of methoxy groups -OCH3 is 1. The maximum atomic E-state index is 12.6. The minimum atomic E-state index is -0.104. The fourth-order valence-corrected chi connectivity index (χ4v) is 2.72. The van der Waals surface area contributed by atoms with Gasteiger partial charge in [0.25, 0.3) is 5.91 Å². The van der Waals surface area contributed by atoms with Gasteiger partial charge in [0.2, 0.25) is 0 Å². The van der Waals surface area contributed by atoms with Crippen LogP contribution in [0, 0.1) is 0 Å². The van der Waals surface area contributed by atoms with Crippen molar-refractivity contribution >= 4 is 28.6 Å². The standard InChI is InChI=1S/C17H22N4O3/c1-20-8-5-9-21(15(22)12-24-11-10-23-2)17-16(20)18-13-6-3-4-7-14(13)19-17/h3-4,6-7H,5,8-12H2,1-2H3. The van der Waals surface area contributed by atoms with Gasteiger partial charge in [-0.15, -0.1) is 0 Å². The third-order valence-corrected chi connectivity index (χ3v) is 3.99. The molecule has 0 saturated carbocycles. The van der Waals surface area contributed by atoms with Crippen LogP contribution in [0.4, 0.5) is 11.6 Å². The SMILES string of the molecule is COCCOCC(=O)N1CCCN(C)c2nc3ccccc3nc21. The number of anilines is 2. The van der Waals surface area contributed by atoms with Crippen molar-refractivity contribution in [2.75, 3.05) is 56.9 Å². The molecule has 7 heteroatoms. The summed E-state index contributed by atoms with van der Waals surface area (Å²) in [6, 6.07) is 7.70. The van der Waals surface area contributed by atoms with Gasteiger partial charge in [0.1, 0.15) is 6.61 Å². The Balaban J connectivity index is 1.90. The number of ether oxygens (including phenoxy) is 2. The second kappa shape index (κ2) is 7.55. The summed E-state index contributed by atoms with van der Waals surface area (Å²) in [6.07, 6.45) is 0.856. The number of amides is 1. The van der Waals surface area contributed by atoms with Gasteiger partial charge < -0.3 is 14.4 Å². The van der Waals surface area contributed by atoms with E-state index in [9.17, 15) is 4.79 Å². The van der Waals surface area contributed by atoms with Crippen LogP contribution in [0.15, 0.2) is 24.3 Å². The number of hydrogen-bond donors (Lipinski definition) is 0. The summed E-state index contributed by atoms with van der Waals surface area (Å²) in [5, 5.41) is 0. The van der Waals surface area contributed by atoms with Crippen LogP contribution in [-0.2, 0) is 14.3 Å². The number of rotatable bonds is 5. The van der Waals surface area contributed by atoms with Crippen molar-refractivity contribution in [3.05, 3.63) is 24.3 Å². The second-order valence-electron chi connectivity index (χ2n) is 5.73. The normalized spacial score (nSPS) is 14.6. The van der Waals surface area contributed by atoms with Crippen LogP contribution in [0.2, 0.25) is 0 Å². The van der Waals surface area contributed by atoms with E-state index in [-0.39, 0.29) is 12.5 Å². The number of nitrogens with zero attached hydrogens (tertiary/aromatic N) is 4. The molecule has 0 radical (unpaired) electrons. The zero-order valence-electron chi connectivity index (χ0n) is 14.1. The summed E-state index contributed by atoms with van der Waals surface area (Å²) >= 11 is 0. The van der Waals surface area contributed by atoms with Crippen LogP contribution < -0.4 is 9.80 Å². The van der Waals surface area contributed by atoms with Crippen LogP contribution in [-0.4, -0.2) is 62.9 Å². The molecule has 0 atom stereocenters. The maximum Gasteiger partial charge on any atom is 0.254 e. The first-order chi connectivity index (χ1) is 11.7. The molecule has 1 aromatic carbocycles. The first-order valence-corrected chi connectivity index (χ1v) is 8.05. The van der Waals surface area contributed by atoms with E-state index in [1.165, 1.54) is 0 Å². The van der Waals surface area contributed by atoms with E-state index >= 15 is 0 Å². The minimum absolute atomic E-state index is 0.0149. The summed E-state index contributed by atoms with van der Waals surface area (Å²) in [5.74, 6) is 1.23. The van der Waals surface area contributed by atoms with Crippen molar-refractivity contribution in [3.63, 3.8) is 0 Å². The van der Waals surface area contributed by atoms with Crippen LogP contribution in [0.25, 0.3) is 11.0 Å². The summed E-state index contributed by atoms with van der Waals surface area (Å²) in [4.78, 5) is 25.7. The first kappa shape index (κ1) is 16.6. The Morgan fingerprint density at radius 1 is 1.12 bits per heavy atom. The molecule has 1 amide bonds. The van der Waals surface area contributed by atoms with Crippen molar-refractivity contribution in [3.8, 4) is 0 Å². The van der Waals surface area contributed by atoms with Crippen molar-refractivity contribution in [2.45, 2.75) is 6.42 Å². The highest BCUT2D eigenvalue weighted by Crippen LogP contribution is 2.30. The first-order valence-electron chi connectivity index (χ1n) is 8.05. The summed E-state index contributed by atoms with van der Waals surface area (Å²) < 4.78 is 10.3. The maximum absolute atomic E-state index is 12.6. The molecule has 0 bridgehead atoms. The lowest BCUT2D eigenvalue weighted by molar-refractivity contribution is -0.123. The van der Waals surface area contributed by atoms with Gasteiger partial charge in [0, 0.05) is 27.2 Å². The quantitative estimate of drug-likeness (QED) is 0.773. The third-order valence-electron chi connectivity index (χ3n) is 3.99. The highest BCUT2D eigenvalue weighted by molar-refractivity contribution is 5.97. The lowest BCUT2D eigenvalue weighted by atomic mass is 10.3. The van der Waals surface area contributed by atoms with Crippen molar-refractivity contribution in [1.82, 2.24) is 9.97 Å². The summed E-state index contributed by atoms with van der Waals surface area (Å²) in [5.41, 5.74) is 1.61. The van der Waals surface area contributed by atoms with E-state index in [1.807, 2.05) is 36.2 Å². The van der Waals surface area contributed by atoms with E-state index in [4.69, 9.17) is 19.4 Å². The number of fused-ring (bicyclic) bond motifs is 2. The molecular formula is C17H22N4O3. The molecule has 0 spiro atoms. The molecule has 1 aromatic heterocycles. The Bertz CT molecular complexity index is 722. The number of benzene rings is 1. The molecule has 0 aliphatic carbocycles. The zero-order chi connectivity index (χ0) is 16.9. The van der Waals surface area contributed by atoms with Gasteiger partial charge in [-0.2, -0.15) is 0 Å². The topological polar surface area (TPSA) is 67.8 Å². The van der Waals surface area contributed by atoms with Gasteiger partial charge in [0.05, 0.1) is 24.2 Å². The number of carbonyl (C=O) groups excluding carboxylic acids is 1. The van der Waals surface area contributed by atoms with Crippen LogP contribution >= 0.6 is 0 Å². The average Bonchev–Trinajstić information content (AvgIpc) is 2.76. The third kappa shape index (κ3) is 3.47. The molecule has 1 aliphatic heterocycles. The van der Waals surface area contributed by atoms with Crippen molar-refractivity contribution in [2.24, 2.45) is 0 Å². The predicted octanol–water partition coefficient (Wildman–Crippen LogP) is 1.47. The Labute approximate surface area is 141 Å². The smallest absolute Gasteiger partial charge is 0.254 e. The van der Waals surface area contributed by atoms with Gasteiger partial charge in [0.15, 0.2) is 11.6 Å². The molecule has 0 fully saturated rings. The lowest BCUT2D eigenvalue weighted by Gasteiger charge is -2.22. The van der Waals surface area contributed by atoms with Gasteiger partial charge in [-0.1, -0.05) is 12.1 Å². The predicted molar refractivity (Wildman–Crippen MR) is 92.5 cm³/mol. The van der Waals surface area contributed by atoms with Crippen LogP contribution in [0.5, 0.6) is 0 Å². The lowest BCUT2D eigenvalue weighted by Crippen LogP contribution is -2.35. The van der Waals surface area contributed by atoms with E-state index in [1.54, 1.807) is 12.0 Å². The molecule has 128 valence electrons. The Hall–Kier alpha value is -2.25. The molecule has 0 saturated heterocycles. The molecule has 2 heterocycles. The minimum Gasteiger partial charge on any atom is -0.382 e. The fourth-order valence-electron chi connectivity index (χ4n) is 2.72. The van der Waals surface area contributed by atoms with Gasteiger partial charge >= 0.3 is 0 Å². The average molecular weight is 330 g/mol. The molecule has 0 unspecified atom stereocenters. The number of hydrogen-bond acceptors (Lipinski definition) is 6. The van der Waals surface area contributed by atoms with Crippen molar-refractivity contribution < 1.29 is 14.3 Å². The number of para-hydroxylation sites is 2. The van der Waals surface area contributed by atoms with Crippen molar-refractivity contribution in [1.29, 1.82) is 0 Å². The van der Waals surface area contributed by atoms with Gasteiger partial charge in [-0.25, -0.2) is 9.97 Å². The molecule has 1 aliphatic rings. The largest absolute Gasteiger partial charge is 0.382 e. The Morgan fingerprint density at radius 3 is 2.54 bits per heavy atom. The molecular weight excluding hydrogens is 308 g/mol. The summed E-state index contributed by atoms with van der Waals surface area (Å²) in [6.45, 7) is 2.31. The molecule has 24 heavy (non-hydrogen) atoms. The highest BCUT2D eigenvalue weighted by Gasteiger charge is 2.26. The monoisotopic (exact) mass is 330 g/mol. The highest BCUT2D eigenvalue weighted by atomic mass is 16.5. The Morgan fingerprint density at radius 2 is 1.83 bits per heavy atom. The van der Waals surface area contributed by atoms with E-state index < -0.39 is 0 Å². The summed E-state index contributed by atoms with van der Waals surface area (Å²) in [7, 11) is 3.58. The number of aromatic nitrogens is 2. The fraction of sp³-hybridized carbons (Fsp3) is 0.471. The van der Waals surface area contributed by atoms with E-state index in [2.05, 4.69) is 0 Å². The Kier molecular flexibility index (Phi) is 5.22. The number of carbonyl (C=O) groups is 1. The van der Waals surface area contributed by atoms with Gasteiger partial charge in [-0.3, -0.25) is 9.69 Å². The van der Waals surface area contributed by atoms with Gasteiger partial charge in [-0.05, 0) is 18.6 Å². The van der Waals surface area contributed by atoms with Crippen LogP contribution in [0.1, 0.15) is 6.42 Å².